The minimum Gasteiger partial charge on any atom is -0.294 e. The van der Waals surface area contributed by atoms with E-state index >= 15 is 0 Å². The highest BCUT2D eigenvalue weighted by molar-refractivity contribution is 7.94. The zero-order valence-electron chi connectivity index (χ0n) is 14.0. The number of allylic oxidation sites excluding steroid dienone is 1. The van der Waals surface area contributed by atoms with Gasteiger partial charge in [0.05, 0.1) is 4.90 Å². The van der Waals surface area contributed by atoms with E-state index < -0.39 is 9.84 Å². The van der Waals surface area contributed by atoms with Crippen molar-refractivity contribution in [2.45, 2.75) is 31.6 Å². The summed E-state index contributed by atoms with van der Waals surface area (Å²) in [5, 5.41) is 1.25. The highest BCUT2D eigenvalue weighted by atomic mass is 32.2. The van der Waals surface area contributed by atoms with Gasteiger partial charge in [-0.05, 0) is 24.0 Å². The first kappa shape index (κ1) is 18.1. The molecule has 2 rings (SSSR count). The molecular weight excluding hydrogens is 320 g/mol. The normalized spacial score (nSPS) is 12.4. The summed E-state index contributed by atoms with van der Waals surface area (Å²) >= 11 is 0. The molecule has 3 nitrogen and oxygen atoms in total. The minimum absolute atomic E-state index is 0.0722. The number of hydrogen-bond acceptors (Lipinski definition) is 3. The smallest absolute Gasteiger partial charge is 0.199 e. The predicted molar refractivity (Wildman–Crippen MR) is 96.6 cm³/mol. The minimum atomic E-state index is -3.45. The van der Waals surface area contributed by atoms with Gasteiger partial charge in [-0.15, -0.1) is 0 Å². The second-order valence-corrected chi connectivity index (χ2v) is 8.27. The zero-order chi connectivity index (χ0) is 17.6. The summed E-state index contributed by atoms with van der Waals surface area (Å²) in [7, 11) is -3.45. The van der Waals surface area contributed by atoms with Crippen LogP contribution in [-0.4, -0.2) is 14.2 Å². The molecule has 0 saturated carbocycles. The molecule has 0 spiro atoms. The lowest BCUT2D eigenvalue weighted by molar-refractivity contribution is 0.0969. The molecule has 24 heavy (non-hydrogen) atoms. The summed E-state index contributed by atoms with van der Waals surface area (Å²) in [6, 6.07) is 17.5. The standard InChI is InChI=1S/C20H22O3S/c1-20(2,14-13-19(21)17-9-5-3-6-10-17)15-16-24(22,23)18-11-7-4-8-12-18/h3-12,15-16H,13-14H2,1-2H3/b16-15+. The average Bonchev–Trinajstić information content (AvgIpc) is 2.60. The maximum Gasteiger partial charge on any atom is 0.199 e. The number of ketones is 1. The van der Waals surface area contributed by atoms with E-state index in [-0.39, 0.29) is 16.1 Å². The lowest BCUT2D eigenvalue weighted by Crippen LogP contribution is -2.12. The molecule has 0 bridgehead atoms. The van der Waals surface area contributed by atoms with Crippen molar-refractivity contribution in [2.24, 2.45) is 5.41 Å². The molecule has 4 heteroatoms. The van der Waals surface area contributed by atoms with Gasteiger partial charge in [-0.1, -0.05) is 68.5 Å². The molecule has 0 N–H and O–H groups in total. The number of carbonyl (C=O) groups excluding carboxylic acids is 1. The van der Waals surface area contributed by atoms with Crippen molar-refractivity contribution < 1.29 is 13.2 Å². The topological polar surface area (TPSA) is 51.2 Å². The Morgan fingerprint density at radius 3 is 2.08 bits per heavy atom. The Bertz CT molecular complexity index is 804. The van der Waals surface area contributed by atoms with Crippen LogP contribution < -0.4 is 0 Å². The second kappa shape index (κ2) is 7.58. The largest absolute Gasteiger partial charge is 0.294 e. The fraction of sp³-hybridized carbons (Fsp3) is 0.250. The summed E-state index contributed by atoms with van der Waals surface area (Å²) in [5.41, 5.74) is 0.306. The van der Waals surface area contributed by atoms with Crippen LogP contribution in [-0.2, 0) is 9.84 Å². The van der Waals surface area contributed by atoms with E-state index in [1.165, 1.54) is 5.41 Å². The fourth-order valence-electron chi connectivity index (χ4n) is 2.25. The summed E-state index contributed by atoms with van der Waals surface area (Å²) in [6.45, 7) is 3.87. The molecule has 0 aliphatic rings. The van der Waals surface area contributed by atoms with Crippen LogP contribution in [0.2, 0.25) is 0 Å². The quantitative estimate of drug-likeness (QED) is 0.687. The van der Waals surface area contributed by atoms with E-state index in [0.29, 0.717) is 18.4 Å². The molecule has 0 aliphatic carbocycles. The monoisotopic (exact) mass is 342 g/mol. The van der Waals surface area contributed by atoms with Crippen LogP contribution in [0.4, 0.5) is 0 Å². The van der Waals surface area contributed by atoms with Crippen molar-refractivity contribution >= 4 is 15.6 Å². The van der Waals surface area contributed by atoms with Gasteiger partial charge >= 0.3 is 0 Å². The van der Waals surface area contributed by atoms with Crippen molar-refractivity contribution in [3.63, 3.8) is 0 Å². The number of carbonyl (C=O) groups is 1. The van der Waals surface area contributed by atoms with E-state index in [9.17, 15) is 13.2 Å². The van der Waals surface area contributed by atoms with E-state index in [2.05, 4.69) is 0 Å². The summed E-state index contributed by atoms with van der Waals surface area (Å²) < 4.78 is 24.6. The van der Waals surface area contributed by atoms with Crippen molar-refractivity contribution in [3.8, 4) is 0 Å². The van der Waals surface area contributed by atoms with E-state index in [0.717, 1.165) is 0 Å². The summed E-state index contributed by atoms with van der Waals surface area (Å²) in [6.07, 6.45) is 2.64. The van der Waals surface area contributed by atoms with Crippen LogP contribution in [0.25, 0.3) is 0 Å². The Morgan fingerprint density at radius 1 is 0.958 bits per heavy atom. The fourth-order valence-corrected chi connectivity index (χ4v) is 3.49. The lowest BCUT2D eigenvalue weighted by Gasteiger charge is -2.19. The maximum atomic E-state index is 12.3. The molecule has 0 aliphatic heterocycles. The van der Waals surface area contributed by atoms with Crippen molar-refractivity contribution in [3.05, 3.63) is 77.7 Å². The molecule has 0 atom stereocenters. The van der Waals surface area contributed by atoms with E-state index in [1.54, 1.807) is 48.5 Å². The number of sulfone groups is 1. The first-order chi connectivity index (χ1) is 11.3. The van der Waals surface area contributed by atoms with Crippen molar-refractivity contribution in [1.29, 1.82) is 0 Å². The van der Waals surface area contributed by atoms with Gasteiger partial charge in [-0.2, -0.15) is 0 Å². The van der Waals surface area contributed by atoms with Gasteiger partial charge in [0.25, 0.3) is 0 Å². The molecule has 0 saturated heterocycles. The Labute approximate surface area is 144 Å². The Kier molecular flexibility index (Phi) is 5.73. The molecular formula is C20H22O3S. The Balaban J connectivity index is 2.02. The Morgan fingerprint density at radius 2 is 1.50 bits per heavy atom. The van der Waals surface area contributed by atoms with Crippen LogP contribution in [0, 0.1) is 5.41 Å². The van der Waals surface area contributed by atoms with Gasteiger partial charge < -0.3 is 0 Å². The molecule has 0 radical (unpaired) electrons. The Hall–Kier alpha value is -2.20. The summed E-state index contributed by atoms with van der Waals surface area (Å²) in [5.74, 6) is 0.0722. The molecule has 0 unspecified atom stereocenters. The number of rotatable bonds is 7. The van der Waals surface area contributed by atoms with Crippen LogP contribution in [0.5, 0.6) is 0 Å². The molecule has 126 valence electrons. The highest BCUT2D eigenvalue weighted by Crippen LogP contribution is 2.26. The SMILES string of the molecule is CC(C)(/C=C/S(=O)(=O)c1ccccc1)CCC(=O)c1ccccc1. The number of benzene rings is 2. The highest BCUT2D eigenvalue weighted by Gasteiger charge is 2.19. The molecule has 0 amide bonds. The van der Waals surface area contributed by atoms with Gasteiger partial charge in [-0.3, -0.25) is 4.79 Å². The molecule has 0 heterocycles. The third-order valence-electron chi connectivity index (χ3n) is 3.86. The van der Waals surface area contributed by atoms with Gasteiger partial charge in [0.15, 0.2) is 15.6 Å². The van der Waals surface area contributed by atoms with Crippen LogP contribution in [0.1, 0.15) is 37.0 Å². The lowest BCUT2D eigenvalue weighted by atomic mass is 9.86. The predicted octanol–water partition coefficient (Wildman–Crippen LogP) is 4.66. The summed E-state index contributed by atoms with van der Waals surface area (Å²) in [4.78, 5) is 12.4. The maximum absolute atomic E-state index is 12.3. The second-order valence-electron chi connectivity index (χ2n) is 6.44. The van der Waals surface area contributed by atoms with E-state index in [4.69, 9.17) is 0 Å². The van der Waals surface area contributed by atoms with Gasteiger partial charge in [-0.25, -0.2) is 8.42 Å². The molecule has 0 aromatic heterocycles. The molecule has 0 fully saturated rings. The van der Waals surface area contributed by atoms with Crippen molar-refractivity contribution in [2.75, 3.05) is 0 Å². The van der Waals surface area contributed by atoms with Crippen LogP contribution in [0.15, 0.2) is 77.0 Å². The van der Waals surface area contributed by atoms with Crippen LogP contribution >= 0.6 is 0 Å². The van der Waals surface area contributed by atoms with Gasteiger partial charge in [0.1, 0.15) is 0 Å². The zero-order valence-corrected chi connectivity index (χ0v) is 14.8. The van der Waals surface area contributed by atoms with Crippen molar-refractivity contribution in [1.82, 2.24) is 0 Å². The van der Waals surface area contributed by atoms with Gasteiger partial charge in [0.2, 0.25) is 0 Å². The van der Waals surface area contributed by atoms with Gasteiger partial charge in [0, 0.05) is 17.4 Å². The first-order valence-electron chi connectivity index (χ1n) is 7.88. The third-order valence-corrected chi connectivity index (χ3v) is 5.29. The molecule has 2 aromatic carbocycles. The van der Waals surface area contributed by atoms with Crippen LogP contribution in [0.3, 0.4) is 0 Å². The number of Topliss-reactive ketones (excluding diaryl/α,β-unsaturated/α-hetero) is 1. The third kappa shape index (κ3) is 5.17. The van der Waals surface area contributed by atoms with E-state index in [1.807, 2.05) is 32.0 Å². The average molecular weight is 342 g/mol. The molecule has 2 aromatic rings. The first-order valence-corrected chi connectivity index (χ1v) is 9.42. The number of hydrogen-bond donors (Lipinski definition) is 0.